The van der Waals surface area contributed by atoms with E-state index in [1.807, 2.05) is 30.3 Å². The largest absolute Gasteiger partial charge is 0.424 e. The second kappa shape index (κ2) is 5.80. The molecule has 0 N–H and O–H groups in total. The summed E-state index contributed by atoms with van der Waals surface area (Å²) < 4.78 is 5.36. The molecule has 3 nitrogen and oxygen atoms in total. The molecule has 1 aliphatic rings. The number of carbonyl (C=O) groups is 1. The van der Waals surface area contributed by atoms with Crippen LogP contribution < -0.4 is 4.74 Å². The second-order valence-corrected chi connectivity index (χ2v) is 6.25. The number of nitrogens with zero attached hydrogens (tertiary/aromatic N) is 1. The highest BCUT2D eigenvalue weighted by Gasteiger charge is 2.30. The predicted molar refractivity (Wildman–Crippen MR) is 81.6 cm³/mol. The Labute approximate surface area is 131 Å². The molecule has 1 unspecified atom stereocenters. The fraction of sp³-hybridized carbons (Fsp3) is 0.125. The van der Waals surface area contributed by atoms with E-state index in [0.717, 1.165) is 10.5 Å². The van der Waals surface area contributed by atoms with E-state index in [-0.39, 0.29) is 22.0 Å². The molecule has 3 rings (SSSR count). The number of hydrogen-bond donors (Lipinski definition) is 0. The van der Waals surface area contributed by atoms with Gasteiger partial charge in [0.15, 0.2) is 0 Å². The summed E-state index contributed by atoms with van der Waals surface area (Å²) in [5.41, 5.74) is 1.60. The minimum atomic E-state index is -0.317. The van der Waals surface area contributed by atoms with Crippen molar-refractivity contribution >= 4 is 29.3 Å². The van der Waals surface area contributed by atoms with Crippen LogP contribution in [0.3, 0.4) is 0 Å². The first-order chi connectivity index (χ1) is 10.2. The Bertz CT molecular complexity index is 729. The van der Waals surface area contributed by atoms with Crippen LogP contribution in [0.2, 0.25) is 5.02 Å². The van der Waals surface area contributed by atoms with Crippen LogP contribution in [-0.4, -0.2) is 11.2 Å². The first-order valence-corrected chi connectivity index (χ1v) is 7.59. The lowest BCUT2D eigenvalue weighted by Crippen LogP contribution is -2.22. The van der Waals surface area contributed by atoms with Crippen LogP contribution in [0.15, 0.2) is 47.4 Å². The van der Waals surface area contributed by atoms with Crippen LogP contribution in [0, 0.1) is 11.3 Å². The van der Waals surface area contributed by atoms with Crippen molar-refractivity contribution in [2.75, 3.05) is 0 Å². The average Bonchev–Trinajstić information content (AvgIpc) is 2.93. The number of thioether (sulfide) groups is 1. The number of nitriles is 1. The summed E-state index contributed by atoms with van der Waals surface area (Å²) in [6.07, 6.45) is 0.660. The highest BCUT2D eigenvalue weighted by atomic mass is 35.5. The van der Waals surface area contributed by atoms with E-state index in [1.165, 1.54) is 17.8 Å². The van der Waals surface area contributed by atoms with Gasteiger partial charge in [0.25, 0.3) is 0 Å². The van der Waals surface area contributed by atoms with Crippen molar-refractivity contribution in [3.8, 4) is 11.8 Å². The third-order valence-electron chi connectivity index (χ3n) is 3.18. The SMILES string of the molecule is N#Cc1ccc(OC(=O)C2Cc3ccccc3S2)c(Cl)c1. The monoisotopic (exact) mass is 315 g/mol. The highest BCUT2D eigenvalue weighted by molar-refractivity contribution is 8.01. The zero-order valence-electron chi connectivity index (χ0n) is 10.9. The van der Waals surface area contributed by atoms with Crippen LogP contribution >= 0.6 is 23.4 Å². The summed E-state index contributed by atoms with van der Waals surface area (Å²) in [7, 11) is 0. The molecule has 0 radical (unpaired) electrons. The van der Waals surface area contributed by atoms with Gasteiger partial charge in [-0.1, -0.05) is 29.8 Å². The Morgan fingerprint density at radius 3 is 2.86 bits per heavy atom. The quantitative estimate of drug-likeness (QED) is 0.624. The van der Waals surface area contributed by atoms with Crippen LogP contribution in [0.5, 0.6) is 5.75 Å². The molecular formula is C16H10ClNO2S. The first-order valence-electron chi connectivity index (χ1n) is 6.33. The third-order valence-corrected chi connectivity index (χ3v) is 4.77. The van der Waals surface area contributed by atoms with Gasteiger partial charge >= 0.3 is 5.97 Å². The standard InChI is InChI=1S/C16H10ClNO2S/c17-12-7-10(9-18)5-6-13(12)20-16(19)15-8-11-3-1-2-4-14(11)21-15/h1-7,15H,8H2. The molecule has 0 spiro atoms. The van der Waals surface area contributed by atoms with E-state index in [1.54, 1.807) is 12.1 Å². The second-order valence-electron chi connectivity index (χ2n) is 4.60. The van der Waals surface area contributed by atoms with Crippen molar-refractivity contribution in [3.05, 3.63) is 58.6 Å². The number of rotatable bonds is 2. The summed E-state index contributed by atoms with van der Waals surface area (Å²) in [4.78, 5) is 13.3. The number of carbonyl (C=O) groups excluding carboxylic acids is 1. The van der Waals surface area contributed by atoms with Gasteiger partial charge in [-0.2, -0.15) is 5.26 Å². The Morgan fingerprint density at radius 1 is 1.33 bits per heavy atom. The normalized spacial score (nSPS) is 16.1. The van der Waals surface area contributed by atoms with Crippen molar-refractivity contribution in [2.45, 2.75) is 16.6 Å². The fourth-order valence-electron chi connectivity index (χ4n) is 2.14. The van der Waals surface area contributed by atoms with Gasteiger partial charge in [-0.3, -0.25) is 4.79 Å². The minimum absolute atomic E-state index is 0.255. The summed E-state index contributed by atoms with van der Waals surface area (Å²) in [5, 5.41) is 8.80. The number of halogens is 1. The smallest absolute Gasteiger partial charge is 0.325 e. The molecule has 2 aromatic rings. The topological polar surface area (TPSA) is 50.1 Å². The Kier molecular flexibility index (Phi) is 3.87. The number of fused-ring (bicyclic) bond motifs is 1. The van der Waals surface area contributed by atoms with Crippen molar-refractivity contribution in [1.29, 1.82) is 5.26 Å². The lowest BCUT2D eigenvalue weighted by Gasteiger charge is -2.10. The lowest BCUT2D eigenvalue weighted by molar-refractivity contribution is -0.133. The van der Waals surface area contributed by atoms with Gasteiger partial charge in [0.05, 0.1) is 16.7 Å². The number of ether oxygens (including phenoxy) is 1. The third kappa shape index (κ3) is 2.90. The molecule has 0 aromatic heterocycles. The molecule has 0 fully saturated rings. The van der Waals surface area contributed by atoms with Gasteiger partial charge in [0.1, 0.15) is 11.0 Å². The molecule has 1 aliphatic heterocycles. The molecule has 0 aliphatic carbocycles. The number of hydrogen-bond acceptors (Lipinski definition) is 4. The minimum Gasteiger partial charge on any atom is -0.424 e. The summed E-state index contributed by atoms with van der Waals surface area (Å²) in [6, 6.07) is 14.5. The molecule has 1 atom stereocenters. The first kappa shape index (κ1) is 14.0. The Balaban J connectivity index is 1.73. The number of benzene rings is 2. The van der Waals surface area contributed by atoms with Gasteiger partial charge in [0.2, 0.25) is 0 Å². The van der Waals surface area contributed by atoms with E-state index in [2.05, 4.69) is 0 Å². The highest BCUT2D eigenvalue weighted by Crippen LogP contribution is 2.38. The van der Waals surface area contributed by atoms with E-state index >= 15 is 0 Å². The maximum atomic E-state index is 12.2. The molecule has 5 heteroatoms. The molecule has 21 heavy (non-hydrogen) atoms. The van der Waals surface area contributed by atoms with Crippen molar-refractivity contribution in [1.82, 2.24) is 0 Å². The van der Waals surface area contributed by atoms with Gasteiger partial charge in [-0.05, 0) is 36.2 Å². The van der Waals surface area contributed by atoms with Crippen LogP contribution in [-0.2, 0) is 11.2 Å². The van der Waals surface area contributed by atoms with Crippen molar-refractivity contribution < 1.29 is 9.53 Å². The molecule has 2 aromatic carbocycles. The van der Waals surface area contributed by atoms with Gasteiger partial charge in [-0.25, -0.2) is 0 Å². The molecule has 1 heterocycles. The lowest BCUT2D eigenvalue weighted by atomic mass is 10.1. The Morgan fingerprint density at radius 2 is 2.14 bits per heavy atom. The van der Waals surface area contributed by atoms with Crippen molar-refractivity contribution in [3.63, 3.8) is 0 Å². The van der Waals surface area contributed by atoms with E-state index < -0.39 is 0 Å². The maximum absolute atomic E-state index is 12.2. The van der Waals surface area contributed by atoms with Crippen LogP contribution in [0.25, 0.3) is 0 Å². The molecular weight excluding hydrogens is 306 g/mol. The maximum Gasteiger partial charge on any atom is 0.325 e. The van der Waals surface area contributed by atoms with Gasteiger partial charge in [0, 0.05) is 4.90 Å². The molecule has 0 bridgehead atoms. The van der Waals surface area contributed by atoms with Crippen molar-refractivity contribution in [2.24, 2.45) is 0 Å². The van der Waals surface area contributed by atoms with Crippen LogP contribution in [0.1, 0.15) is 11.1 Å². The average molecular weight is 316 g/mol. The zero-order valence-corrected chi connectivity index (χ0v) is 12.4. The summed E-state index contributed by atoms with van der Waals surface area (Å²) in [5.74, 6) is -0.0277. The fourth-order valence-corrected chi connectivity index (χ4v) is 3.53. The van der Waals surface area contributed by atoms with Gasteiger partial charge in [-0.15, -0.1) is 11.8 Å². The van der Waals surface area contributed by atoms with E-state index in [4.69, 9.17) is 21.6 Å². The predicted octanol–water partition coefficient (Wildman–Crippen LogP) is 3.83. The molecule has 104 valence electrons. The molecule has 0 amide bonds. The Hall–Kier alpha value is -1.96. The number of esters is 1. The van der Waals surface area contributed by atoms with Gasteiger partial charge < -0.3 is 4.74 Å². The van der Waals surface area contributed by atoms with E-state index in [9.17, 15) is 4.79 Å². The molecule has 0 saturated heterocycles. The van der Waals surface area contributed by atoms with E-state index in [0.29, 0.717) is 12.0 Å². The zero-order chi connectivity index (χ0) is 14.8. The summed E-state index contributed by atoms with van der Waals surface area (Å²) >= 11 is 7.52. The summed E-state index contributed by atoms with van der Waals surface area (Å²) in [6.45, 7) is 0. The molecule has 0 saturated carbocycles. The van der Waals surface area contributed by atoms with Crippen LogP contribution in [0.4, 0.5) is 0 Å².